The summed E-state index contributed by atoms with van der Waals surface area (Å²) >= 11 is 0. The third-order valence-electron chi connectivity index (χ3n) is 8.05. The number of ether oxygens (including phenoxy) is 1. The zero-order chi connectivity index (χ0) is 28.5. The number of piperazine rings is 1. The Bertz CT molecular complexity index is 1710. The monoisotopic (exact) mass is 563 g/mol. The molecule has 2 aromatic carbocycles. The summed E-state index contributed by atoms with van der Waals surface area (Å²) in [6.45, 7) is 7.94. The molecule has 2 aliphatic rings. The quantitative estimate of drug-likeness (QED) is 0.308. The van der Waals surface area contributed by atoms with Gasteiger partial charge in [0.1, 0.15) is 12.1 Å². The Labute approximate surface area is 243 Å². The van der Waals surface area contributed by atoms with Crippen LogP contribution >= 0.6 is 0 Å². The zero-order valence-electron chi connectivity index (χ0n) is 23.6. The van der Waals surface area contributed by atoms with E-state index in [-0.39, 0.29) is 5.91 Å². The molecule has 0 unspecified atom stereocenters. The lowest BCUT2D eigenvalue weighted by molar-refractivity contribution is -0.129. The van der Waals surface area contributed by atoms with E-state index in [1.165, 1.54) is 5.56 Å². The normalized spacial score (nSPS) is 16.3. The molecule has 11 nitrogen and oxygen atoms in total. The maximum Gasteiger partial charge on any atom is 0.219 e. The van der Waals surface area contributed by atoms with Gasteiger partial charge in [-0.05, 0) is 29.8 Å². The third kappa shape index (κ3) is 5.12. The number of fused-ring (bicyclic) bond motifs is 2. The summed E-state index contributed by atoms with van der Waals surface area (Å²) in [6, 6.07) is 18.9. The number of hydrogen-bond acceptors (Lipinski definition) is 9. The van der Waals surface area contributed by atoms with Crippen LogP contribution in [0.1, 0.15) is 12.5 Å². The molecule has 0 N–H and O–H groups in total. The fraction of sp³-hybridized carbons (Fsp3) is 0.323. The number of rotatable bonds is 6. The van der Waals surface area contributed by atoms with Crippen molar-refractivity contribution in [1.82, 2.24) is 34.6 Å². The predicted octanol–water partition coefficient (Wildman–Crippen LogP) is 3.48. The molecule has 11 heteroatoms. The van der Waals surface area contributed by atoms with Gasteiger partial charge in [0.25, 0.3) is 0 Å². The molecule has 5 heterocycles. The molecule has 214 valence electrons. The van der Waals surface area contributed by atoms with Gasteiger partial charge in [0.05, 0.1) is 48.9 Å². The van der Waals surface area contributed by atoms with Crippen molar-refractivity contribution in [3.8, 4) is 0 Å². The topological polar surface area (TPSA) is 95.8 Å². The largest absolute Gasteiger partial charge is 0.379 e. The highest BCUT2D eigenvalue weighted by atomic mass is 16.5. The zero-order valence-corrected chi connectivity index (χ0v) is 23.6. The summed E-state index contributed by atoms with van der Waals surface area (Å²) in [5.74, 6) is 1.77. The van der Waals surface area contributed by atoms with Gasteiger partial charge in [-0.2, -0.15) is 5.10 Å². The predicted molar refractivity (Wildman–Crippen MR) is 162 cm³/mol. The van der Waals surface area contributed by atoms with Crippen LogP contribution in [-0.4, -0.2) is 93.0 Å². The van der Waals surface area contributed by atoms with Crippen LogP contribution < -0.4 is 9.91 Å². The average Bonchev–Trinajstić information content (AvgIpc) is 3.44. The molecule has 2 saturated heterocycles. The van der Waals surface area contributed by atoms with Gasteiger partial charge in [-0.1, -0.05) is 30.3 Å². The number of amides is 1. The number of carbonyl (C=O) groups is 1. The lowest BCUT2D eigenvalue weighted by atomic mass is 10.2. The van der Waals surface area contributed by atoms with E-state index in [0.29, 0.717) is 32.8 Å². The van der Waals surface area contributed by atoms with Gasteiger partial charge in [0.2, 0.25) is 5.91 Å². The molecule has 0 atom stereocenters. The lowest BCUT2D eigenvalue weighted by Crippen LogP contribution is -2.48. The number of benzene rings is 2. The second-order valence-corrected chi connectivity index (χ2v) is 10.7. The van der Waals surface area contributed by atoms with Crippen LogP contribution in [0.2, 0.25) is 0 Å². The lowest BCUT2D eigenvalue weighted by Gasteiger charge is -2.38. The number of anilines is 3. The molecule has 0 saturated carbocycles. The molecule has 5 aromatic rings. The van der Waals surface area contributed by atoms with Crippen molar-refractivity contribution in [2.45, 2.75) is 13.5 Å². The fourth-order valence-electron chi connectivity index (χ4n) is 5.79. The fourth-order valence-corrected chi connectivity index (χ4v) is 5.79. The Morgan fingerprint density at radius 3 is 2.50 bits per heavy atom. The Balaban J connectivity index is 1.27. The highest BCUT2D eigenvalue weighted by Gasteiger charge is 2.26. The van der Waals surface area contributed by atoms with E-state index in [4.69, 9.17) is 19.8 Å². The minimum Gasteiger partial charge on any atom is -0.379 e. The number of aromatic nitrogens is 5. The number of pyridine rings is 1. The van der Waals surface area contributed by atoms with Crippen LogP contribution in [0, 0.1) is 0 Å². The number of hydrogen-bond donors (Lipinski definition) is 0. The third-order valence-corrected chi connectivity index (χ3v) is 8.05. The Hall–Kier alpha value is -4.61. The van der Waals surface area contributed by atoms with Crippen LogP contribution in [-0.2, 0) is 16.1 Å². The van der Waals surface area contributed by atoms with Gasteiger partial charge in [-0.25, -0.2) is 20.0 Å². The maximum atomic E-state index is 11.8. The highest BCUT2D eigenvalue weighted by molar-refractivity contribution is 5.93. The van der Waals surface area contributed by atoms with Crippen LogP contribution in [0.25, 0.3) is 21.8 Å². The second kappa shape index (κ2) is 11.3. The van der Waals surface area contributed by atoms with E-state index in [0.717, 1.165) is 65.3 Å². The summed E-state index contributed by atoms with van der Waals surface area (Å²) in [6.07, 6.45) is 5.36. The van der Waals surface area contributed by atoms with Crippen molar-refractivity contribution in [2.24, 2.45) is 0 Å². The first kappa shape index (κ1) is 26.3. The first-order valence-corrected chi connectivity index (χ1v) is 14.4. The van der Waals surface area contributed by atoms with Crippen molar-refractivity contribution < 1.29 is 9.53 Å². The maximum absolute atomic E-state index is 11.8. The number of carbonyl (C=O) groups excluding carboxylic acids is 1. The standard InChI is InChI=1S/C31H33N9O2/c1-23(41)36-9-11-37(12-10-36)30-18-27-28(20-32-30)33-22-34-31(27)40(38-13-15-42-16-14-38)26-7-8-29-25(17-26)19-35-39(29)21-24-5-3-2-4-6-24/h2-8,17-20,22H,9-16,21H2,1H3. The summed E-state index contributed by atoms with van der Waals surface area (Å²) in [5.41, 5.74) is 4.06. The molecule has 0 bridgehead atoms. The molecular formula is C31H33N9O2. The van der Waals surface area contributed by atoms with Gasteiger partial charge in [0.15, 0.2) is 5.82 Å². The van der Waals surface area contributed by atoms with E-state index < -0.39 is 0 Å². The summed E-state index contributed by atoms with van der Waals surface area (Å²) in [5, 5.41) is 11.2. The van der Waals surface area contributed by atoms with Gasteiger partial charge in [-0.3, -0.25) is 14.5 Å². The minimum absolute atomic E-state index is 0.112. The summed E-state index contributed by atoms with van der Waals surface area (Å²) in [4.78, 5) is 30.1. The van der Waals surface area contributed by atoms with Crippen molar-refractivity contribution in [3.63, 3.8) is 0 Å². The molecular weight excluding hydrogens is 530 g/mol. The van der Waals surface area contributed by atoms with Crippen molar-refractivity contribution in [3.05, 3.63) is 78.9 Å². The van der Waals surface area contributed by atoms with Crippen molar-refractivity contribution in [1.29, 1.82) is 0 Å². The van der Waals surface area contributed by atoms with Gasteiger partial charge in [0, 0.05) is 57.0 Å². The molecule has 0 radical (unpaired) electrons. The Kier molecular flexibility index (Phi) is 7.10. The van der Waals surface area contributed by atoms with Crippen LogP contribution in [0.5, 0.6) is 0 Å². The summed E-state index contributed by atoms with van der Waals surface area (Å²) in [7, 11) is 0. The number of nitrogens with zero attached hydrogens (tertiary/aromatic N) is 9. The van der Waals surface area contributed by atoms with Crippen LogP contribution in [0.3, 0.4) is 0 Å². The molecule has 1 amide bonds. The molecule has 7 rings (SSSR count). The first-order valence-electron chi connectivity index (χ1n) is 14.4. The smallest absolute Gasteiger partial charge is 0.219 e. The second-order valence-electron chi connectivity index (χ2n) is 10.7. The molecule has 2 fully saturated rings. The van der Waals surface area contributed by atoms with Gasteiger partial charge >= 0.3 is 0 Å². The Morgan fingerprint density at radius 1 is 0.905 bits per heavy atom. The van der Waals surface area contributed by atoms with E-state index >= 15 is 0 Å². The van der Waals surface area contributed by atoms with Crippen LogP contribution in [0.4, 0.5) is 17.3 Å². The van der Waals surface area contributed by atoms with Gasteiger partial charge in [-0.15, -0.1) is 0 Å². The number of morpholine rings is 1. The van der Waals surface area contributed by atoms with E-state index in [1.807, 2.05) is 28.0 Å². The Morgan fingerprint density at radius 2 is 1.71 bits per heavy atom. The van der Waals surface area contributed by atoms with E-state index in [2.05, 4.69) is 68.4 Å². The molecule has 0 spiro atoms. The highest BCUT2D eigenvalue weighted by Crippen LogP contribution is 2.34. The SMILES string of the molecule is CC(=O)N1CCN(c2cc3c(N(c4ccc5c(cnn5Cc5ccccc5)c4)N4CCOCC4)ncnc3cn2)CC1. The molecule has 2 aliphatic heterocycles. The van der Waals surface area contributed by atoms with Crippen LogP contribution in [0.15, 0.2) is 73.3 Å². The summed E-state index contributed by atoms with van der Waals surface area (Å²) < 4.78 is 7.74. The van der Waals surface area contributed by atoms with Crippen molar-refractivity contribution in [2.75, 3.05) is 62.4 Å². The molecule has 42 heavy (non-hydrogen) atoms. The minimum atomic E-state index is 0.112. The van der Waals surface area contributed by atoms with Gasteiger partial charge < -0.3 is 14.5 Å². The molecule has 3 aromatic heterocycles. The number of hydrazine groups is 1. The first-order chi connectivity index (χ1) is 20.6. The van der Waals surface area contributed by atoms with E-state index in [9.17, 15) is 4.79 Å². The van der Waals surface area contributed by atoms with Crippen molar-refractivity contribution >= 4 is 45.0 Å². The van der Waals surface area contributed by atoms with E-state index in [1.54, 1.807) is 13.3 Å². The molecule has 0 aliphatic carbocycles. The average molecular weight is 564 g/mol.